The van der Waals surface area contributed by atoms with Crippen molar-refractivity contribution in [2.24, 2.45) is 5.92 Å². The topological polar surface area (TPSA) is 75.2 Å². The Bertz CT molecular complexity index is 1290. The first-order chi connectivity index (χ1) is 16.3. The van der Waals surface area contributed by atoms with Crippen molar-refractivity contribution in [1.82, 2.24) is 15.1 Å². The Morgan fingerprint density at radius 3 is 2.47 bits per heavy atom. The van der Waals surface area contributed by atoms with Gasteiger partial charge < -0.3 is 10.2 Å². The highest BCUT2D eigenvalue weighted by molar-refractivity contribution is 7.15. The summed E-state index contributed by atoms with van der Waals surface area (Å²) in [5.74, 6) is -1.46. The molecule has 0 radical (unpaired) electrons. The molecule has 2 atom stereocenters. The standard InChI is InChI=1S/C25H23FN4O2S2/c1-15(23(31)28-25-29-27-14-33-25)22(18-5-4-6-19(26)13-18)21-12-11-20(34-21)16-7-9-17(10-8-16)24(32)30(2)3/h4-15,22H,1-3H3,(H,28,29,31)/t15-,22+/m1/s1. The fourth-order valence-corrected chi connectivity index (χ4v) is 5.40. The number of hydrogen-bond donors (Lipinski definition) is 1. The lowest BCUT2D eigenvalue weighted by Crippen LogP contribution is -2.26. The second-order valence-electron chi connectivity index (χ2n) is 8.03. The molecule has 0 unspecified atom stereocenters. The highest BCUT2D eigenvalue weighted by Gasteiger charge is 2.29. The maximum atomic E-state index is 14.1. The maximum Gasteiger partial charge on any atom is 0.253 e. The quantitative estimate of drug-likeness (QED) is 0.367. The zero-order valence-corrected chi connectivity index (χ0v) is 20.5. The van der Waals surface area contributed by atoms with E-state index in [1.165, 1.54) is 28.4 Å². The monoisotopic (exact) mass is 494 g/mol. The fraction of sp³-hybridized carbons (Fsp3) is 0.200. The summed E-state index contributed by atoms with van der Waals surface area (Å²) in [5.41, 5.74) is 3.86. The molecule has 2 aromatic heterocycles. The molecule has 9 heteroatoms. The van der Waals surface area contributed by atoms with E-state index in [0.717, 1.165) is 20.9 Å². The number of hydrogen-bond acceptors (Lipinski definition) is 6. The van der Waals surface area contributed by atoms with Gasteiger partial charge in [-0.25, -0.2) is 4.39 Å². The van der Waals surface area contributed by atoms with Gasteiger partial charge in [0.2, 0.25) is 11.0 Å². The van der Waals surface area contributed by atoms with E-state index in [1.807, 2.05) is 37.3 Å². The van der Waals surface area contributed by atoms with Gasteiger partial charge in [0, 0.05) is 41.2 Å². The van der Waals surface area contributed by atoms with Crippen molar-refractivity contribution in [2.75, 3.05) is 19.4 Å². The van der Waals surface area contributed by atoms with Crippen LogP contribution in [0.15, 0.2) is 66.2 Å². The molecule has 1 N–H and O–H groups in total. The molecule has 0 bridgehead atoms. The summed E-state index contributed by atoms with van der Waals surface area (Å²) in [6.07, 6.45) is 0. The van der Waals surface area contributed by atoms with Crippen LogP contribution in [-0.2, 0) is 4.79 Å². The van der Waals surface area contributed by atoms with Gasteiger partial charge in [-0.05, 0) is 47.5 Å². The Hall–Kier alpha value is -3.43. The number of anilines is 1. The van der Waals surface area contributed by atoms with Crippen molar-refractivity contribution in [3.05, 3.63) is 88.0 Å². The number of nitrogens with zero attached hydrogens (tertiary/aromatic N) is 3. The number of carbonyl (C=O) groups is 2. The van der Waals surface area contributed by atoms with Crippen LogP contribution >= 0.6 is 22.7 Å². The van der Waals surface area contributed by atoms with Crippen molar-refractivity contribution in [3.8, 4) is 10.4 Å². The third-order valence-electron chi connectivity index (χ3n) is 5.47. The number of rotatable bonds is 7. The molecular formula is C25H23FN4O2S2. The molecule has 4 rings (SSSR count). The minimum Gasteiger partial charge on any atom is -0.345 e. The number of benzene rings is 2. The van der Waals surface area contributed by atoms with Crippen LogP contribution in [0.25, 0.3) is 10.4 Å². The van der Waals surface area contributed by atoms with Gasteiger partial charge in [-0.3, -0.25) is 9.59 Å². The molecule has 2 heterocycles. The molecule has 4 aromatic rings. The molecule has 2 aromatic carbocycles. The minimum absolute atomic E-state index is 0.0557. The Labute approximate surface area is 205 Å². The summed E-state index contributed by atoms with van der Waals surface area (Å²) in [6, 6.07) is 17.8. The van der Waals surface area contributed by atoms with Gasteiger partial charge in [-0.1, -0.05) is 42.5 Å². The van der Waals surface area contributed by atoms with Crippen LogP contribution < -0.4 is 5.32 Å². The van der Waals surface area contributed by atoms with E-state index in [-0.39, 0.29) is 23.5 Å². The lowest BCUT2D eigenvalue weighted by atomic mass is 9.85. The molecule has 0 aliphatic carbocycles. The molecule has 0 saturated heterocycles. The van der Waals surface area contributed by atoms with Gasteiger partial charge in [0.25, 0.3) is 5.91 Å². The van der Waals surface area contributed by atoms with Gasteiger partial charge in [0.05, 0.1) is 0 Å². The van der Waals surface area contributed by atoms with Gasteiger partial charge in [0.15, 0.2) is 0 Å². The summed E-state index contributed by atoms with van der Waals surface area (Å²) in [5, 5.41) is 10.9. The van der Waals surface area contributed by atoms with Gasteiger partial charge in [-0.2, -0.15) is 0 Å². The first-order valence-corrected chi connectivity index (χ1v) is 12.3. The Balaban J connectivity index is 1.65. The number of aromatic nitrogens is 2. The van der Waals surface area contributed by atoms with Crippen LogP contribution in [0, 0.1) is 11.7 Å². The molecule has 0 aliphatic heterocycles. The zero-order chi connectivity index (χ0) is 24.2. The molecule has 2 amide bonds. The van der Waals surface area contributed by atoms with Crippen molar-refractivity contribution in [3.63, 3.8) is 0 Å². The van der Waals surface area contributed by atoms with Crippen LogP contribution in [-0.4, -0.2) is 41.0 Å². The highest BCUT2D eigenvalue weighted by atomic mass is 32.1. The Morgan fingerprint density at radius 2 is 1.82 bits per heavy atom. The third-order valence-corrected chi connectivity index (χ3v) is 7.29. The predicted octanol–water partition coefficient (Wildman–Crippen LogP) is 5.51. The third kappa shape index (κ3) is 5.21. The summed E-state index contributed by atoms with van der Waals surface area (Å²) in [4.78, 5) is 28.7. The fourth-order valence-electron chi connectivity index (χ4n) is 3.71. The van der Waals surface area contributed by atoms with Gasteiger partial charge in [-0.15, -0.1) is 21.5 Å². The Kier molecular flexibility index (Phi) is 7.14. The summed E-state index contributed by atoms with van der Waals surface area (Å²) in [7, 11) is 3.44. The van der Waals surface area contributed by atoms with E-state index in [2.05, 4.69) is 15.5 Å². The van der Waals surface area contributed by atoms with Crippen molar-refractivity contribution in [2.45, 2.75) is 12.8 Å². The molecule has 0 spiro atoms. The molecule has 34 heavy (non-hydrogen) atoms. The lowest BCUT2D eigenvalue weighted by Gasteiger charge is -2.22. The van der Waals surface area contributed by atoms with Crippen LogP contribution in [0.2, 0.25) is 0 Å². The van der Waals surface area contributed by atoms with Crippen LogP contribution in [0.5, 0.6) is 0 Å². The Morgan fingerprint density at radius 1 is 1.06 bits per heavy atom. The van der Waals surface area contributed by atoms with E-state index >= 15 is 0 Å². The summed E-state index contributed by atoms with van der Waals surface area (Å²) >= 11 is 2.79. The molecular weight excluding hydrogens is 471 g/mol. The number of halogens is 1. The van der Waals surface area contributed by atoms with E-state index in [1.54, 1.807) is 49.1 Å². The molecule has 6 nitrogen and oxygen atoms in total. The van der Waals surface area contributed by atoms with Crippen molar-refractivity contribution >= 4 is 39.6 Å². The van der Waals surface area contributed by atoms with E-state index in [4.69, 9.17) is 0 Å². The van der Waals surface area contributed by atoms with E-state index < -0.39 is 5.92 Å². The van der Waals surface area contributed by atoms with Crippen molar-refractivity contribution in [1.29, 1.82) is 0 Å². The smallest absolute Gasteiger partial charge is 0.253 e. The summed E-state index contributed by atoms with van der Waals surface area (Å²) in [6.45, 7) is 1.83. The highest BCUT2D eigenvalue weighted by Crippen LogP contribution is 2.40. The predicted molar refractivity (Wildman–Crippen MR) is 134 cm³/mol. The van der Waals surface area contributed by atoms with Crippen LogP contribution in [0.1, 0.15) is 33.6 Å². The normalized spacial score (nSPS) is 12.7. The van der Waals surface area contributed by atoms with Gasteiger partial charge >= 0.3 is 0 Å². The number of carbonyl (C=O) groups excluding carboxylic acids is 2. The first kappa shape index (κ1) is 23.7. The number of nitrogens with one attached hydrogen (secondary N) is 1. The molecule has 0 saturated carbocycles. The van der Waals surface area contributed by atoms with Crippen LogP contribution in [0.4, 0.5) is 9.52 Å². The second-order valence-corrected chi connectivity index (χ2v) is 9.98. The van der Waals surface area contributed by atoms with Crippen LogP contribution in [0.3, 0.4) is 0 Å². The summed E-state index contributed by atoms with van der Waals surface area (Å²) < 4.78 is 14.1. The zero-order valence-electron chi connectivity index (χ0n) is 18.9. The SMILES string of the molecule is C[C@@H](C(=O)Nc1nncs1)[C@@H](c1cccc(F)c1)c1ccc(-c2ccc(C(=O)N(C)C)cc2)s1. The number of thiophene rings is 1. The largest absolute Gasteiger partial charge is 0.345 e. The van der Waals surface area contributed by atoms with Crippen molar-refractivity contribution < 1.29 is 14.0 Å². The molecule has 0 aliphatic rings. The second kappa shape index (κ2) is 10.2. The molecule has 174 valence electrons. The maximum absolute atomic E-state index is 14.1. The lowest BCUT2D eigenvalue weighted by molar-refractivity contribution is -0.119. The van der Waals surface area contributed by atoms with Gasteiger partial charge in [0.1, 0.15) is 11.3 Å². The number of amides is 2. The van der Waals surface area contributed by atoms with E-state index in [0.29, 0.717) is 10.7 Å². The average Bonchev–Trinajstić information content (AvgIpc) is 3.51. The van der Waals surface area contributed by atoms with E-state index in [9.17, 15) is 14.0 Å². The minimum atomic E-state index is -0.489. The molecule has 0 fully saturated rings. The average molecular weight is 495 g/mol. The first-order valence-electron chi connectivity index (χ1n) is 10.6.